The molecule has 0 bridgehead atoms. The molecule has 0 fully saturated rings. The second kappa shape index (κ2) is 40.1. The third-order valence-corrected chi connectivity index (χ3v) is 10.5. The number of hydrogen-bond donors (Lipinski definition) is 0. The molecule has 0 saturated carbocycles. The van der Waals surface area contributed by atoms with Gasteiger partial charge in [-0.1, -0.05) is 214 Å². The third-order valence-electron chi connectivity index (χ3n) is 10.5. The topological polar surface area (TPSA) is 78.9 Å². The Morgan fingerprint density at radius 2 is 0.623 bits per heavy atom. The zero-order valence-corrected chi connectivity index (χ0v) is 36.1. The van der Waals surface area contributed by atoms with Gasteiger partial charge in [0.15, 0.2) is 6.10 Å². The van der Waals surface area contributed by atoms with Gasteiger partial charge in [-0.3, -0.25) is 14.4 Å². The number of carbonyl (C=O) groups is 3. The lowest BCUT2D eigenvalue weighted by Gasteiger charge is -2.18. The Morgan fingerprint density at radius 1 is 0.358 bits per heavy atom. The standard InChI is InChI=1S/C47H90O6/c1-6-7-8-25-32-37-45(48)51-40-44(41-52-46(49)38-33-28-23-20-19-22-27-31-36-43(4)5)53-47(50)39-34-29-24-18-16-14-12-10-9-11-13-15-17-21-26-30-35-42(2)3/h42-44H,6-41H2,1-5H3/t44-/m1/s1. The zero-order chi connectivity index (χ0) is 39.0. The van der Waals surface area contributed by atoms with Crippen LogP contribution in [0.2, 0.25) is 0 Å². The lowest BCUT2D eigenvalue weighted by Crippen LogP contribution is -2.30. The number of esters is 3. The van der Waals surface area contributed by atoms with Crippen LogP contribution in [0.1, 0.15) is 253 Å². The largest absolute Gasteiger partial charge is 0.462 e. The Morgan fingerprint density at radius 3 is 0.925 bits per heavy atom. The Hall–Kier alpha value is -1.59. The smallest absolute Gasteiger partial charge is 0.306 e. The monoisotopic (exact) mass is 751 g/mol. The molecule has 0 saturated heterocycles. The minimum atomic E-state index is -0.759. The third kappa shape index (κ3) is 41.4. The number of unbranched alkanes of at least 4 members (excludes halogenated alkanes) is 26. The predicted molar refractivity (Wildman–Crippen MR) is 224 cm³/mol. The van der Waals surface area contributed by atoms with E-state index in [4.69, 9.17) is 14.2 Å². The van der Waals surface area contributed by atoms with Crippen molar-refractivity contribution in [2.75, 3.05) is 13.2 Å². The second-order valence-electron chi connectivity index (χ2n) is 17.0. The minimum Gasteiger partial charge on any atom is -0.462 e. The lowest BCUT2D eigenvalue weighted by atomic mass is 10.0. The SMILES string of the molecule is CCCCCCCC(=O)OC[C@H](COC(=O)CCCCCCCCCCC(C)C)OC(=O)CCCCCCCCCCCCCCCCCCC(C)C. The van der Waals surface area contributed by atoms with Crippen LogP contribution in [0.3, 0.4) is 0 Å². The van der Waals surface area contributed by atoms with Gasteiger partial charge in [-0.2, -0.15) is 0 Å². The molecule has 6 nitrogen and oxygen atoms in total. The van der Waals surface area contributed by atoms with Gasteiger partial charge in [0, 0.05) is 19.3 Å². The van der Waals surface area contributed by atoms with Crippen LogP contribution < -0.4 is 0 Å². The first-order valence-electron chi connectivity index (χ1n) is 23.2. The molecule has 314 valence electrons. The quantitative estimate of drug-likeness (QED) is 0.0352. The fourth-order valence-electron chi connectivity index (χ4n) is 6.93. The Balaban J connectivity index is 4.13. The Kier molecular flexibility index (Phi) is 38.9. The highest BCUT2D eigenvalue weighted by Crippen LogP contribution is 2.17. The molecule has 0 aliphatic heterocycles. The van der Waals surface area contributed by atoms with Crippen LogP contribution in [0.4, 0.5) is 0 Å². The molecule has 0 rings (SSSR count). The Labute approximate surface area is 329 Å². The minimum absolute atomic E-state index is 0.0662. The van der Waals surface area contributed by atoms with Gasteiger partial charge in [0.05, 0.1) is 0 Å². The van der Waals surface area contributed by atoms with Gasteiger partial charge in [-0.15, -0.1) is 0 Å². The first-order chi connectivity index (χ1) is 25.7. The highest BCUT2D eigenvalue weighted by molar-refractivity contribution is 5.71. The number of carbonyl (C=O) groups excluding carboxylic acids is 3. The van der Waals surface area contributed by atoms with Crippen molar-refractivity contribution in [3.05, 3.63) is 0 Å². The molecule has 0 aliphatic rings. The summed E-state index contributed by atoms with van der Waals surface area (Å²) in [5.74, 6) is 0.777. The van der Waals surface area contributed by atoms with Crippen molar-refractivity contribution >= 4 is 17.9 Å². The average molecular weight is 751 g/mol. The molecule has 0 unspecified atom stereocenters. The van der Waals surface area contributed by atoms with E-state index in [9.17, 15) is 14.4 Å². The van der Waals surface area contributed by atoms with E-state index in [1.54, 1.807) is 0 Å². The van der Waals surface area contributed by atoms with E-state index >= 15 is 0 Å². The highest BCUT2D eigenvalue weighted by atomic mass is 16.6. The highest BCUT2D eigenvalue weighted by Gasteiger charge is 2.19. The van der Waals surface area contributed by atoms with Crippen molar-refractivity contribution in [1.29, 1.82) is 0 Å². The van der Waals surface area contributed by atoms with E-state index < -0.39 is 6.10 Å². The van der Waals surface area contributed by atoms with Gasteiger partial charge < -0.3 is 14.2 Å². The molecule has 0 aromatic heterocycles. The van der Waals surface area contributed by atoms with Crippen LogP contribution in [0, 0.1) is 11.8 Å². The molecular formula is C47H90O6. The van der Waals surface area contributed by atoms with Gasteiger partial charge in [0.1, 0.15) is 13.2 Å². The van der Waals surface area contributed by atoms with Gasteiger partial charge >= 0.3 is 17.9 Å². The molecule has 6 heteroatoms. The molecule has 0 radical (unpaired) electrons. The zero-order valence-electron chi connectivity index (χ0n) is 36.1. The van der Waals surface area contributed by atoms with Crippen molar-refractivity contribution in [2.24, 2.45) is 11.8 Å². The molecule has 0 aromatic rings. The van der Waals surface area contributed by atoms with Crippen LogP contribution >= 0.6 is 0 Å². The summed E-state index contributed by atoms with van der Waals surface area (Å²) in [5, 5.41) is 0. The molecule has 0 N–H and O–H groups in total. The van der Waals surface area contributed by atoms with Gasteiger partial charge in [-0.05, 0) is 31.1 Å². The van der Waals surface area contributed by atoms with Crippen LogP contribution in [0.25, 0.3) is 0 Å². The summed E-state index contributed by atoms with van der Waals surface area (Å²) in [6, 6.07) is 0. The number of hydrogen-bond acceptors (Lipinski definition) is 6. The van der Waals surface area contributed by atoms with E-state index in [1.165, 1.54) is 135 Å². The van der Waals surface area contributed by atoms with Crippen molar-refractivity contribution in [3.63, 3.8) is 0 Å². The summed E-state index contributed by atoms with van der Waals surface area (Å²) in [6.45, 7) is 11.2. The maximum Gasteiger partial charge on any atom is 0.306 e. The molecule has 0 amide bonds. The van der Waals surface area contributed by atoms with Crippen molar-refractivity contribution in [1.82, 2.24) is 0 Å². The van der Waals surface area contributed by atoms with Gasteiger partial charge in [-0.25, -0.2) is 0 Å². The predicted octanol–water partition coefficient (Wildman–Crippen LogP) is 14.6. The van der Waals surface area contributed by atoms with Gasteiger partial charge in [0.25, 0.3) is 0 Å². The average Bonchev–Trinajstić information content (AvgIpc) is 3.12. The molecule has 53 heavy (non-hydrogen) atoms. The Bertz CT molecular complexity index is 809. The fraction of sp³-hybridized carbons (Fsp3) is 0.936. The summed E-state index contributed by atoms with van der Waals surface area (Å²) in [6.07, 6.45) is 38.4. The molecule has 0 aliphatic carbocycles. The van der Waals surface area contributed by atoms with Crippen molar-refractivity contribution in [3.8, 4) is 0 Å². The summed E-state index contributed by atoms with van der Waals surface area (Å²) in [7, 11) is 0. The number of ether oxygens (including phenoxy) is 3. The summed E-state index contributed by atoms with van der Waals surface area (Å²) >= 11 is 0. The van der Waals surface area contributed by atoms with Crippen molar-refractivity contribution < 1.29 is 28.6 Å². The normalized spacial score (nSPS) is 12.1. The van der Waals surface area contributed by atoms with E-state index in [2.05, 4.69) is 34.6 Å². The summed E-state index contributed by atoms with van der Waals surface area (Å²) < 4.78 is 16.6. The second-order valence-corrected chi connectivity index (χ2v) is 17.0. The molecule has 0 heterocycles. The van der Waals surface area contributed by atoms with E-state index in [0.29, 0.717) is 19.3 Å². The van der Waals surface area contributed by atoms with Crippen molar-refractivity contribution in [2.45, 2.75) is 259 Å². The number of rotatable bonds is 41. The lowest BCUT2D eigenvalue weighted by molar-refractivity contribution is -0.167. The summed E-state index contributed by atoms with van der Waals surface area (Å²) in [4.78, 5) is 37.5. The van der Waals surface area contributed by atoms with Crippen LogP contribution in [0.5, 0.6) is 0 Å². The summed E-state index contributed by atoms with van der Waals surface area (Å²) in [5.41, 5.74) is 0. The maximum absolute atomic E-state index is 12.7. The van der Waals surface area contributed by atoms with E-state index in [-0.39, 0.29) is 31.1 Å². The van der Waals surface area contributed by atoms with E-state index in [0.717, 1.165) is 76.0 Å². The fourth-order valence-corrected chi connectivity index (χ4v) is 6.93. The van der Waals surface area contributed by atoms with E-state index in [1.807, 2.05) is 0 Å². The van der Waals surface area contributed by atoms with Crippen LogP contribution in [-0.2, 0) is 28.6 Å². The molecule has 0 aromatic carbocycles. The van der Waals surface area contributed by atoms with Crippen LogP contribution in [0.15, 0.2) is 0 Å². The molecule has 0 spiro atoms. The molecular weight excluding hydrogens is 661 g/mol. The first kappa shape index (κ1) is 51.4. The first-order valence-corrected chi connectivity index (χ1v) is 23.2. The molecule has 1 atom stereocenters. The van der Waals surface area contributed by atoms with Crippen LogP contribution in [-0.4, -0.2) is 37.2 Å². The maximum atomic E-state index is 12.7. The van der Waals surface area contributed by atoms with Gasteiger partial charge in [0.2, 0.25) is 0 Å².